The Morgan fingerprint density at radius 2 is 2.15 bits per heavy atom. The second kappa shape index (κ2) is 5.15. The van der Waals surface area contributed by atoms with Gasteiger partial charge in [-0.3, -0.25) is 4.79 Å². The highest BCUT2D eigenvalue weighted by Gasteiger charge is 2.21. The van der Waals surface area contributed by atoms with Gasteiger partial charge in [-0.25, -0.2) is 5.14 Å². The number of rotatable bonds is 5. The molecule has 0 heterocycles. The molecule has 1 unspecified atom stereocenters. The maximum absolute atomic E-state index is 11.0. The Morgan fingerprint density at radius 1 is 1.62 bits per heavy atom. The number of methoxy groups -OCH3 is 1. The van der Waals surface area contributed by atoms with Crippen LogP contribution in [0.4, 0.5) is 0 Å². The molecule has 0 rings (SSSR count). The minimum Gasteiger partial charge on any atom is -0.468 e. The zero-order chi connectivity index (χ0) is 10.5. The molecule has 1 atom stereocenters. The van der Waals surface area contributed by atoms with E-state index in [0.29, 0.717) is 12.8 Å². The molecule has 0 aliphatic rings. The standard InChI is InChI=1S/C6H14N2O4S/c1-3-4-5(6(9)12-2)8-13(7,10)11/h5,8H,3-4H2,1-2H3,(H2,7,10,11). The van der Waals surface area contributed by atoms with Gasteiger partial charge in [0.1, 0.15) is 6.04 Å². The summed E-state index contributed by atoms with van der Waals surface area (Å²) in [6.07, 6.45) is 1.02. The SMILES string of the molecule is CCCC(NS(N)(=O)=O)C(=O)OC. The molecule has 0 bridgehead atoms. The van der Waals surface area contributed by atoms with Crippen LogP contribution in [0, 0.1) is 0 Å². The fourth-order valence-corrected chi connectivity index (χ4v) is 1.46. The lowest BCUT2D eigenvalue weighted by Crippen LogP contribution is -2.44. The van der Waals surface area contributed by atoms with Crippen LogP contribution < -0.4 is 9.86 Å². The van der Waals surface area contributed by atoms with Crippen molar-refractivity contribution in [3.05, 3.63) is 0 Å². The predicted molar refractivity (Wildman–Crippen MR) is 47.0 cm³/mol. The van der Waals surface area contributed by atoms with E-state index in [2.05, 4.69) is 4.74 Å². The minimum absolute atomic E-state index is 0.364. The van der Waals surface area contributed by atoms with Crippen molar-refractivity contribution in [1.29, 1.82) is 0 Å². The third kappa shape index (κ3) is 5.56. The van der Waals surface area contributed by atoms with Crippen molar-refractivity contribution in [2.75, 3.05) is 7.11 Å². The summed E-state index contributed by atoms with van der Waals surface area (Å²) < 4.78 is 27.6. The molecule has 78 valence electrons. The Bertz CT molecular complexity index is 262. The first-order chi connectivity index (χ1) is 5.90. The molecule has 0 aromatic rings. The van der Waals surface area contributed by atoms with Gasteiger partial charge in [0.25, 0.3) is 10.2 Å². The van der Waals surface area contributed by atoms with Crippen LogP contribution in [0.5, 0.6) is 0 Å². The molecule has 0 aliphatic carbocycles. The Kier molecular flexibility index (Phi) is 4.89. The molecule has 0 saturated carbocycles. The third-order valence-corrected chi connectivity index (χ3v) is 1.98. The number of carbonyl (C=O) groups is 1. The first kappa shape index (κ1) is 12.3. The van der Waals surface area contributed by atoms with Crippen LogP contribution in [0.2, 0.25) is 0 Å². The molecular formula is C6H14N2O4S. The molecule has 0 radical (unpaired) electrons. The van der Waals surface area contributed by atoms with Gasteiger partial charge >= 0.3 is 5.97 Å². The summed E-state index contributed by atoms with van der Waals surface area (Å²) in [6, 6.07) is -0.884. The number of hydrogen-bond acceptors (Lipinski definition) is 4. The molecule has 6 nitrogen and oxygen atoms in total. The molecule has 0 aromatic heterocycles. The second-order valence-electron chi connectivity index (χ2n) is 2.53. The second-order valence-corrected chi connectivity index (χ2v) is 3.85. The lowest BCUT2D eigenvalue weighted by Gasteiger charge is -2.13. The van der Waals surface area contributed by atoms with E-state index in [1.807, 2.05) is 11.6 Å². The Morgan fingerprint density at radius 3 is 2.46 bits per heavy atom. The highest BCUT2D eigenvalue weighted by atomic mass is 32.2. The molecule has 0 amide bonds. The van der Waals surface area contributed by atoms with Crippen molar-refractivity contribution >= 4 is 16.2 Å². The molecule has 0 spiro atoms. The summed E-state index contributed by atoms with van der Waals surface area (Å²) in [4.78, 5) is 11.0. The number of esters is 1. The van der Waals surface area contributed by atoms with Gasteiger partial charge in [-0.2, -0.15) is 13.1 Å². The summed E-state index contributed by atoms with van der Waals surface area (Å²) in [5, 5.41) is 4.71. The van der Waals surface area contributed by atoms with Crippen LogP contribution in [0.1, 0.15) is 19.8 Å². The van der Waals surface area contributed by atoms with Crippen molar-refractivity contribution in [3.63, 3.8) is 0 Å². The van der Waals surface area contributed by atoms with Crippen LogP contribution in [0.3, 0.4) is 0 Å². The first-order valence-corrected chi connectivity index (χ1v) is 5.33. The van der Waals surface area contributed by atoms with Crippen LogP contribution >= 0.6 is 0 Å². The van der Waals surface area contributed by atoms with Crippen LogP contribution in [-0.4, -0.2) is 27.5 Å². The van der Waals surface area contributed by atoms with E-state index in [0.717, 1.165) is 0 Å². The van der Waals surface area contributed by atoms with Gasteiger partial charge in [-0.1, -0.05) is 13.3 Å². The van der Waals surface area contributed by atoms with E-state index in [9.17, 15) is 13.2 Å². The molecule has 0 aliphatic heterocycles. The van der Waals surface area contributed by atoms with Gasteiger partial charge in [0.2, 0.25) is 0 Å². The van der Waals surface area contributed by atoms with Crippen LogP contribution in [0.25, 0.3) is 0 Å². The lowest BCUT2D eigenvalue weighted by atomic mass is 10.2. The predicted octanol–water partition coefficient (Wildman–Crippen LogP) is -0.879. The van der Waals surface area contributed by atoms with E-state index in [-0.39, 0.29) is 0 Å². The van der Waals surface area contributed by atoms with Crippen molar-refractivity contribution in [2.24, 2.45) is 5.14 Å². The Hall–Kier alpha value is -0.660. The molecular weight excluding hydrogens is 196 g/mol. The number of hydrogen-bond donors (Lipinski definition) is 2. The highest BCUT2D eigenvalue weighted by Crippen LogP contribution is 1.99. The summed E-state index contributed by atoms with van der Waals surface area (Å²) in [6.45, 7) is 1.82. The average Bonchev–Trinajstić information content (AvgIpc) is 2.00. The fraction of sp³-hybridized carbons (Fsp3) is 0.833. The largest absolute Gasteiger partial charge is 0.468 e. The molecule has 0 fully saturated rings. The van der Waals surface area contributed by atoms with Crippen LogP contribution in [-0.2, 0) is 19.7 Å². The highest BCUT2D eigenvalue weighted by molar-refractivity contribution is 7.87. The van der Waals surface area contributed by atoms with E-state index < -0.39 is 22.2 Å². The van der Waals surface area contributed by atoms with Crippen molar-refractivity contribution in [3.8, 4) is 0 Å². The van der Waals surface area contributed by atoms with E-state index in [1.165, 1.54) is 7.11 Å². The van der Waals surface area contributed by atoms with Crippen molar-refractivity contribution in [1.82, 2.24) is 4.72 Å². The summed E-state index contributed by atoms with van der Waals surface area (Å²) >= 11 is 0. The summed E-state index contributed by atoms with van der Waals surface area (Å²) in [7, 11) is -2.66. The third-order valence-electron chi connectivity index (χ3n) is 1.37. The molecule has 7 heteroatoms. The minimum atomic E-state index is -3.85. The monoisotopic (exact) mass is 210 g/mol. The van der Waals surface area contributed by atoms with E-state index >= 15 is 0 Å². The van der Waals surface area contributed by atoms with Crippen LogP contribution in [0.15, 0.2) is 0 Å². The summed E-state index contributed by atoms with van der Waals surface area (Å²) in [5.74, 6) is -0.629. The first-order valence-electron chi connectivity index (χ1n) is 3.78. The number of nitrogens with one attached hydrogen (secondary N) is 1. The van der Waals surface area contributed by atoms with E-state index in [1.54, 1.807) is 0 Å². The lowest BCUT2D eigenvalue weighted by molar-refractivity contribution is -0.142. The van der Waals surface area contributed by atoms with Gasteiger partial charge in [0.15, 0.2) is 0 Å². The molecule has 0 saturated heterocycles. The van der Waals surface area contributed by atoms with Crippen molar-refractivity contribution < 1.29 is 17.9 Å². The number of carbonyl (C=O) groups excluding carboxylic acids is 1. The molecule has 3 N–H and O–H groups in total. The zero-order valence-electron chi connectivity index (χ0n) is 7.61. The van der Waals surface area contributed by atoms with E-state index in [4.69, 9.17) is 5.14 Å². The maximum Gasteiger partial charge on any atom is 0.323 e. The van der Waals surface area contributed by atoms with Crippen molar-refractivity contribution in [2.45, 2.75) is 25.8 Å². The normalized spacial score (nSPS) is 13.8. The number of ether oxygens (including phenoxy) is 1. The van der Waals surface area contributed by atoms with Gasteiger partial charge in [-0.15, -0.1) is 0 Å². The summed E-state index contributed by atoms with van der Waals surface area (Å²) in [5.41, 5.74) is 0. The smallest absolute Gasteiger partial charge is 0.323 e. The quantitative estimate of drug-likeness (QED) is 0.576. The topological polar surface area (TPSA) is 98.5 Å². The molecule has 0 aromatic carbocycles. The zero-order valence-corrected chi connectivity index (χ0v) is 8.43. The fourth-order valence-electron chi connectivity index (χ4n) is 0.854. The Balaban J connectivity index is 4.35. The van der Waals surface area contributed by atoms with Gasteiger partial charge in [0, 0.05) is 0 Å². The Labute approximate surface area is 77.6 Å². The molecule has 13 heavy (non-hydrogen) atoms. The maximum atomic E-state index is 11.0. The van der Waals surface area contributed by atoms with Gasteiger partial charge < -0.3 is 4.74 Å². The van der Waals surface area contributed by atoms with Gasteiger partial charge in [-0.05, 0) is 6.42 Å². The van der Waals surface area contributed by atoms with Gasteiger partial charge in [0.05, 0.1) is 7.11 Å². The average molecular weight is 210 g/mol. The number of nitrogens with two attached hydrogens (primary N) is 1.